The van der Waals surface area contributed by atoms with Gasteiger partial charge in [-0.3, -0.25) is 0 Å². The molecule has 2 aromatic rings. The topological polar surface area (TPSA) is 12.0 Å². The van der Waals surface area contributed by atoms with Gasteiger partial charge in [-0.1, -0.05) is 28.9 Å². The molecule has 1 heterocycles. The first-order valence-corrected chi connectivity index (χ1v) is 9.32. The molecule has 20 heavy (non-hydrogen) atoms. The predicted octanol–water partition coefficient (Wildman–Crippen LogP) is 6.07. The van der Waals surface area contributed by atoms with Crippen LogP contribution in [0.4, 0.5) is 4.39 Å². The number of benzene rings is 1. The molecule has 0 saturated heterocycles. The highest BCUT2D eigenvalue weighted by Gasteiger charge is 2.17. The SMILES string of the molecule is CCNC(Cc1ccc(Br)cc1F)c1cc(Br)c(Br)s1. The molecule has 1 aromatic carbocycles. The molecule has 0 aliphatic carbocycles. The van der Waals surface area contributed by atoms with Crippen molar-refractivity contribution in [3.05, 3.63) is 53.3 Å². The summed E-state index contributed by atoms with van der Waals surface area (Å²) in [5, 5.41) is 3.42. The second-order valence-corrected chi connectivity index (χ2v) is 8.49. The molecule has 6 heteroatoms. The minimum Gasteiger partial charge on any atom is -0.309 e. The van der Waals surface area contributed by atoms with E-state index >= 15 is 0 Å². The monoisotopic (exact) mass is 483 g/mol. The Morgan fingerprint density at radius 1 is 1.25 bits per heavy atom. The molecule has 0 aliphatic heterocycles. The fourth-order valence-electron chi connectivity index (χ4n) is 1.96. The number of nitrogens with one attached hydrogen (secondary N) is 1. The minimum absolute atomic E-state index is 0.114. The van der Waals surface area contributed by atoms with Crippen molar-refractivity contribution in [2.45, 2.75) is 19.4 Å². The molecule has 0 bridgehead atoms. The summed E-state index contributed by atoms with van der Waals surface area (Å²) in [4.78, 5) is 1.19. The van der Waals surface area contributed by atoms with Crippen LogP contribution in [0.25, 0.3) is 0 Å². The fourth-order valence-corrected chi connectivity index (χ4v) is 4.46. The standard InChI is InChI=1S/C14H13Br3FNS/c1-2-19-12(13-7-10(16)14(17)20-13)5-8-3-4-9(15)6-11(8)18/h3-4,6-7,12,19H,2,5H2,1H3. The Labute approximate surface area is 147 Å². The van der Waals surface area contributed by atoms with Gasteiger partial charge in [0, 0.05) is 19.9 Å². The quantitative estimate of drug-likeness (QED) is 0.542. The lowest BCUT2D eigenvalue weighted by Gasteiger charge is -2.17. The average Bonchev–Trinajstić information content (AvgIpc) is 2.72. The molecule has 1 atom stereocenters. The number of hydrogen-bond acceptors (Lipinski definition) is 2. The summed E-state index contributed by atoms with van der Waals surface area (Å²) >= 11 is 12.0. The van der Waals surface area contributed by atoms with Gasteiger partial charge in [-0.25, -0.2) is 4.39 Å². The van der Waals surface area contributed by atoms with Gasteiger partial charge in [0.25, 0.3) is 0 Å². The lowest BCUT2D eigenvalue weighted by molar-refractivity contribution is 0.534. The molecule has 108 valence electrons. The molecular weight excluding hydrogens is 473 g/mol. The maximum absolute atomic E-state index is 14.0. The van der Waals surface area contributed by atoms with Gasteiger partial charge in [-0.15, -0.1) is 11.3 Å². The second kappa shape index (κ2) is 7.49. The van der Waals surface area contributed by atoms with Gasteiger partial charge in [0.15, 0.2) is 0 Å². The average molecular weight is 486 g/mol. The van der Waals surface area contributed by atoms with Gasteiger partial charge in [0.05, 0.1) is 3.79 Å². The van der Waals surface area contributed by atoms with Crippen molar-refractivity contribution in [3.63, 3.8) is 0 Å². The normalized spacial score (nSPS) is 12.7. The van der Waals surface area contributed by atoms with Crippen molar-refractivity contribution < 1.29 is 4.39 Å². The van der Waals surface area contributed by atoms with Gasteiger partial charge >= 0.3 is 0 Å². The van der Waals surface area contributed by atoms with E-state index in [0.29, 0.717) is 6.42 Å². The summed E-state index contributed by atoms with van der Waals surface area (Å²) in [5.41, 5.74) is 0.722. The van der Waals surface area contributed by atoms with Crippen LogP contribution in [0.15, 0.2) is 37.0 Å². The highest BCUT2D eigenvalue weighted by atomic mass is 79.9. The Morgan fingerprint density at radius 2 is 2.00 bits per heavy atom. The van der Waals surface area contributed by atoms with E-state index in [2.05, 4.69) is 66.1 Å². The van der Waals surface area contributed by atoms with Crippen LogP contribution in [0.5, 0.6) is 0 Å². The summed E-state index contributed by atoms with van der Waals surface area (Å²) in [6.45, 7) is 2.90. The molecule has 0 radical (unpaired) electrons. The van der Waals surface area contributed by atoms with E-state index in [1.165, 1.54) is 10.9 Å². The number of hydrogen-bond donors (Lipinski definition) is 1. The first-order chi connectivity index (χ1) is 9.51. The molecule has 1 unspecified atom stereocenters. The third-order valence-electron chi connectivity index (χ3n) is 2.90. The summed E-state index contributed by atoms with van der Waals surface area (Å²) in [7, 11) is 0. The highest BCUT2D eigenvalue weighted by Crippen LogP contribution is 2.36. The van der Waals surface area contributed by atoms with Crippen molar-refractivity contribution in [2.24, 2.45) is 0 Å². The lowest BCUT2D eigenvalue weighted by atomic mass is 10.0. The summed E-state index contributed by atoms with van der Waals surface area (Å²) in [6, 6.07) is 7.42. The lowest BCUT2D eigenvalue weighted by Crippen LogP contribution is -2.22. The molecule has 1 nitrogen and oxygen atoms in total. The number of rotatable bonds is 5. The van der Waals surface area contributed by atoms with E-state index in [9.17, 15) is 4.39 Å². The van der Waals surface area contributed by atoms with Crippen molar-refractivity contribution in [2.75, 3.05) is 6.54 Å². The van der Waals surface area contributed by atoms with Crippen molar-refractivity contribution in [3.8, 4) is 0 Å². The van der Waals surface area contributed by atoms with Crippen molar-refractivity contribution >= 4 is 59.1 Å². The smallest absolute Gasteiger partial charge is 0.127 e. The van der Waals surface area contributed by atoms with Crippen molar-refractivity contribution in [1.82, 2.24) is 5.32 Å². The molecule has 0 amide bonds. The van der Waals surface area contributed by atoms with Crippen LogP contribution in [0.3, 0.4) is 0 Å². The molecule has 0 aliphatic rings. The molecule has 2 rings (SSSR count). The van der Waals surface area contributed by atoms with E-state index in [1.54, 1.807) is 11.3 Å². The second-order valence-electron chi connectivity index (χ2n) is 4.32. The van der Waals surface area contributed by atoms with Gasteiger partial charge in [-0.2, -0.15) is 0 Å². The number of halogens is 4. The molecule has 0 saturated carbocycles. The first-order valence-electron chi connectivity index (χ1n) is 6.13. The predicted molar refractivity (Wildman–Crippen MR) is 93.9 cm³/mol. The number of thiophene rings is 1. The third kappa shape index (κ3) is 4.13. The van der Waals surface area contributed by atoms with Crippen LogP contribution in [0, 0.1) is 5.82 Å². The van der Waals surface area contributed by atoms with Crippen molar-refractivity contribution in [1.29, 1.82) is 0 Å². The van der Waals surface area contributed by atoms with Crippen LogP contribution in [0.1, 0.15) is 23.4 Å². The zero-order chi connectivity index (χ0) is 14.7. The number of likely N-dealkylation sites (N-methyl/N-ethyl adjacent to an activating group) is 1. The van der Waals surface area contributed by atoms with Crippen LogP contribution < -0.4 is 5.32 Å². The third-order valence-corrected chi connectivity index (χ3v) is 6.76. The van der Waals surface area contributed by atoms with E-state index in [1.807, 2.05) is 12.1 Å². The summed E-state index contributed by atoms with van der Waals surface area (Å²) in [6.07, 6.45) is 0.631. The van der Waals surface area contributed by atoms with E-state index in [-0.39, 0.29) is 11.9 Å². The van der Waals surface area contributed by atoms with Crippen LogP contribution in [-0.2, 0) is 6.42 Å². The Bertz CT molecular complexity index is 581. The maximum Gasteiger partial charge on any atom is 0.127 e. The maximum atomic E-state index is 14.0. The zero-order valence-electron chi connectivity index (χ0n) is 10.7. The summed E-state index contributed by atoms with van der Waals surface area (Å²) < 4.78 is 16.8. The van der Waals surface area contributed by atoms with Crippen LogP contribution in [-0.4, -0.2) is 6.54 Å². The van der Waals surface area contributed by atoms with E-state index < -0.39 is 0 Å². The van der Waals surface area contributed by atoms with E-state index in [0.717, 1.165) is 24.8 Å². The van der Waals surface area contributed by atoms with Crippen LogP contribution in [0.2, 0.25) is 0 Å². The van der Waals surface area contributed by atoms with Gasteiger partial charge in [-0.05, 0) is 68.6 Å². The van der Waals surface area contributed by atoms with E-state index in [4.69, 9.17) is 0 Å². The molecular formula is C14H13Br3FNS. The van der Waals surface area contributed by atoms with Gasteiger partial charge in [0.1, 0.15) is 5.82 Å². The zero-order valence-corrected chi connectivity index (χ0v) is 16.3. The molecule has 0 spiro atoms. The van der Waals surface area contributed by atoms with Crippen LogP contribution >= 0.6 is 59.1 Å². The molecule has 1 N–H and O–H groups in total. The van der Waals surface area contributed by atoms with Gasteiger partial charge in [0.2, 0.25) is 0 Å². The summed E-state index contributed by atoms with van der Waals surface area (Å²) in [5.74, 6) is -0.169. The Kier molecular flexibility index (Phi) is 6.23. The fraction of sp³-hybridized carbons (Fsp3) is 0.286. The van der Waals surface area contributed by atoms with Gasteiger partial charge < -0.3 is 5.32 Å². The Morgan fingerprint density at radius 3 is 2.55 bits per heavy atom. The minimum atomic E-state index is -0.169. The Hall–Kier alpha value is 0.250. The molecule has 0 fully saturated rings. The molecule has 1 aromatic heterocycles. The highest BCUT2D eigenvalue weighted by molar-refractivity contribution is 9.13. The largest absolute Gasteiger partial charge is 0.309 e. The Balaban J connectivity index is 2.25. The first kappa shape index (κ1) is 16.6.